The van der Waals surface area contributed by atoms with Crippen molar-refractivity contribution in [1.29, 1.82) is 0 Å². The van der Waals surface area contributed by atoms with Crippen LogP contribution in [0.4, 0.5) is 5.69 Å². The molecule has 2 rings (SSSR count). The molecule has 1 atom stereocenters. The van der Waals surface area contributed by atoms with Crippen molar-refractivity contribution in [2.45, 2.75) is 12.5 Å². The molecule has 6 nitrogen and oxygen atoms in total. The van der Waals surface area contributed by atoms with Crippen molar-refractivity contribution in [3.63, 3.8) is 0 Å². The normalized spacial score (nSPS) is 19.3. The number of amides is 2. The molecule has 0 spiro atoms. The number of nitrogens with one attached hydrogen (secondary N) is 1. The number of rotatable bonds is 4. The molecule has 0 radical (unpaired) electrons. The second-order valence-electron chi connectivity index (χ2n) is 4.67. The quantitative estimate of drug-likeness (QED) is 0.700. The molecule has 0 aromatic heterocycles. The Morgan fingerprint density at radius 3 is 2.58 bits per heavy atom. The molecule has 1 aliphatic heterocycles. The highest BCUT2D eigenvalue weighted by molar-refractivity contribution is 5.95. The molecule has 1 fully saturated rings. The minimum atomic E-state index is -0.496. The van der Waals surface area contributed by atoms with Gasteiger partial charge in [-0.25, -0.2) is 0 Å². The van der Waals surface area contributed by atoms with Gasteiger partial charge >= 0.3 is 0 Å². The molecule has 102 valence electrons. The summed E-state index contributed by atoms with van der Waals surface area (Å²) >= 11 is 0. The lowest BCUT2D eigenvalue weighted by atomic mass is 10.2. The first kappa shape index (κ1) is 13.5. The van der Waals surface area contributed by atoms with Crippen LogP contribution in [-0.4, -0.2) is 47.6 Å². The summed E-state index contributed by atoms with van der Waals surface area (Å²) in [6.45, 7) is 1.53. The van der Waals surface area contributed by atoms with E-state index in [1.807, 2.05) is 4.90 Å². The third-order valence-electron chi connectivity index (χ3n) is 3.07. The molecule has 0 bridgehead atoms. The van der Waals surface area contributed by atoms with Gasteiger partial charge in [-0.1, -0.05) is 0 Å². The molecule has 6 heteroatoms. The maximum absolute atomic E-state index is 11.8. The lowest BCUT2D eigenvalue weighted by molar-refractivity contribution is -0.117. The number of nitrogens with two attached hydrogens (primary N) is 1. The van der Waals surface area contributed by atoms with Gasteiger partial charge in [0.05, 0.1) is 12.6 Å². The molecule has 1 aromatic rings. The van der Waals surface area contributed by atoms with Gasteiger partial charge in [-0.05, 0) is 30.7 Å². The third-order valence-corrected chi connectivity index (χ3v) is 3.07. The van der Waals surface area contributed by atoms with Crippen LogP contribution < -0.4 is 11.1 Å². The van der Waals surface area contributed by atoms with Crippen molar-refractivity contribution in [3.05, 3.63) is 29.8 Å². The molecule has 0 aliphatic carbocycles. The Balaban J connectivity index is 1.86. The fourth-order valence-corrected chi connectivity index (χ4v) is 2.08. The van der Waals surface area contributed by atoms with Crippen LogP contribution in [0.3, 0.4) is 0 Å². The molecular formula is C13H17N3O3. The van der Waals surface area contributed by atoms with E-state index in [4.69, 9.17) is 5.73 Å². The highest BCUT2D eigenvalue weighted by Gasteiger charge is 2.21. The Kier molecular flexibility index (Phi) is 4.13. The van der Waals surface area contributed by atoms with Crippen molar-refractivity contribution in [3.8, 4) is 0 Å². The van der Waals surface area contributed by atoms with Crippen LogP contribution in [0.1, 0.15) is 16.8 Å². The number of β-amino-alcohol motifs (C(OH)–C–C–N with tert-alkyl or cyclic N) is 1. The second-order valence-corrected chi connectivity index (χ2v) is 4.67. The molecule has 1 aliphatic rings. The molecule has 1 saturated heterocycles. The number of aliphatic hydroxyl groups is 1. The Bertz CT molecular complexity index is 473. The van der Waals surface area contributed by atoms with E-state index < -0.39 is 5.91 Å². The standard InChI is InChI=1S/C13H17N3O3/c14-13(19)9-1-3-10(4-2-9)15-12(18)8-16-6-5-11(17)7-16/h1-4,11,17H,5-8H2,(H2,14,19)(H,15,18)/t11-/m0/s1. The molecule has 2 amide bonds. The van der Waals surface area contributed by atoms with E-state index >= 15 is 0 Å². The monoisotopic (exact) mass is 263 g/mol. The maximum atomic E-state index is 11.8. The van der Waals surface area contributed by atoms with Crippen LogP contribution in [0.25, 0.3) is 0 Å². The number of carbonyl (C=O) groups is 2. The number of hydrogen-bond donors (Lipinski definition) is 3. The molecule has 1 heterocycles. The number of likely N-dealkylation sites (tertiary alicyclic amines) is 1. The Morgan fingerprint density at radius 2 is 2.05 bits per heavy atom. The smallest absolute Gasteiger partial charge is 0.248 e. The van der Waals surface area contributed by atoms with E-state index in [1.165, 1.54) is 0 Å². The topological polar surface area (TPSA) is 95.7 Å². The number of benzene rings is 1. The van der Waals surface area contributed by atoms with Gasteiger partial charge in [0.1, 0.15) is 0 Å². The Morgan fingerprint density at radius 1 is 1.37 bits per heavy atom. The largest absolute Gasteiger partial charge is 0.392 e. The van der Waals surface area contributed by atoms with Gasteiger partial charge in [0.15, 0.2) is 0 Å². The summed E-state index contributed by atoms with van der Waals surface area (Å²) in [5.74, 6) is -0.634. The molecule has 0 saturated carbocycles. The van der Waals surface area contributed by atoms with Crippen molar-refractivity contribution in [2.24, 2.45) is 5.73 Å². The first-order valence-corrected chi connectivity index (χ1v) is 6.15. The van der Waals surface area contributed by atoms with Gasteiger partial charge in [0.25, 0.3) is 0 Å². The molecular weight excluding hydrogens is 246 g/mol. The van der Waals surface area contributed by atoms with E-state index in [-0.39, 0.29) is 18.6 Å². The Hall–Kier alpha value is -1.92. The second kappa shape index (κ2) is 5.81. The van der Waals surface area contributed by atoms with Crippen LogP contribution in [-0.2, 0) is 4.79 Å². The van der Waals surface area contributed by atoms with Crippen LogP contribution >= 0.6 is 0 Å². The first-order valence-electron chi connectivity index (χ1n) is 6.15. The fourth-order valence-electron chi connectivity index (χ4n) is 2.08. The number of carbonyl (C=O) groups excluding carboxylic acids is 2. The highest BCUT2D eigenvalue weighted by atomic mass is 16.3. The number of hydrogen-bond acceptors (Lipinski definition) is 4. The summed E-state index contributed by atoms with van der Waals surface area (Å²) in [5, 5.41) is 12.1. The summed E-state index contributed by atoms with van der Waals surface area (Å²) < 4.78 is 0. The zero-order chi connectivity index (χ0) is 13.8. The Labute approximate surface area is 111 Å². The number of nitrogens with zero attached hydrogens (tertiary/aromatic N) is 1. The fraction of sp³-hybridized carbons (Fsp3) is 0.385. The summed E-state index contributed by atoms with van der Waals surface area (Å²) in [6.07, 6.45) is 0.378. The van der Waals surface area contributed by atoms with E-state index in [9.17, 15) is 14.7 Å². The SMILES string of the molecule is NC(=O)c1ccc(NC(=O)CN2CC[C@H](O)C2)cc1. The van der Waals surface area contributed by atoms with Crippen LogP contribution in [0.2, 0.25) is 0 Å². The van der Waals surface area contributed by atoms with E-state index in [0.717, 1.165) is 6.54 Å². The number of primary amides is 1. The molecule has 0 unspecified atom stereocenters. The van der Waals surface area contributed by atoms with Gasteiger partial charge in [0.2, 0.25) is 11.8 Å². The van der Waals surface area contributed by atoms with Gasteiger partial charge in [-0.15, -0.1) is 0 Å². The van der Waals surface area contributed by atoms with Crippen LogP contribution in [0.5, 0.6) is 0 Å². The van der Waals surface area contributed by atoms with E-state index in [1.54, 1.807) is 24.3 Å². The summed E-state index contributed by atoms with van der Waals surface area (Å²) in [5.41, 5.74) is 6.15. The van der Waals surface area contributed by atoms with Crippen molar-refractivity contribution in [1.82, 2.24) is 4.90 Å². The summed E-state index contributed by atoms with van der Waals surface area (Å²) in [4.78, 5) is 24.6. The third kappa shape index (κ3) is 3.77. The van der Waals surface area contributed by atoms with Crippen LogP contribution in [0.15, 0.2) is 24.3 Å². The van der Waals surface area contributed by atoms with Gasteiger partial charge in [-0.2, -0.15) is 0 Å². The zero-order valence-electron chi connectivity index (χ0n) is 10.5. The van der Waals surface area contributed by atoms with Crippen molar-refractivity contribution >= 4 is 17.5 Å². The lowest BCUT2D eigenvalue weighted by Crippen LogP contribution is -2.32. The predicted molar refractivity (Wildman–Crippen MR) is 70.7 cm³/mol. The number of anilines is 1. The molecule has 4 N–H and O–H groups in total. The first-order chi connectivity index (χ1) is 9.04. The minimum absolute atomic E-state index is 0.138. The zero-order valence-corrected chi connectivity index (χ0v) is 10.5. The average molecular weight is 263 g/mol. The van der Waals surface area contributed by atoms with E-state index in [2.05, 4.69) is 5.32 Å². The lowest BCUT2D eigenvalue weighted by Gasteiger charge is -2.14. The predicted octanol–water partition coefficient (Wildman–Crippen LogP) is -0.209. The van der Waals surface area contributed by atoms with Crippen molar-refractivity contribution in [2.75, 3.05) is 25.0 Å². The van der Waals surface area contributed by atoms with Crippen LogP contribution in [0, 0.1) is 0 Å². The summed E-state index contributed by atoms with van der Waals surface area (Å²) in [7, 11) is 0. The summed E-state index contributed by atoms with van der Waals surface area (Å²) in [6, 6.07) is 6.41. The van der Waals surface area contributed by atoms with Gasteiger partial charge in [-0.3, -0.25) is 14.5 Å². The van der Waals surface area contributed by atoms with Gasteiger partial charge < -0.3 is 16.2 Å². The molecule has 1 aromatic carbocycles. The van der Waals surface area contributed by atoms with Gasteiger partial charge in [0, 0.05) is 24.3 Å². The molecule has 19 heavy (non-hydrogen) atoms. The number of aliphatic hydroxyl groups excluding tert-OH is 1. The van der Waals surface area contributed by atoms with Crippen molar-refractivity contribution < 1.29 is 14.7 Å². The maximum Gasteiger partial charge on any atom is 0.248 e. The minimum Gasteiger partial charge on any atom is -0.392 e. The highest BCUT2D eigenvalue weighted by Crippen LogP contribution is 2.11. The average Bonchev–Trinajstić information content (AvgIpc) is 2.75. The van der Waals surface area contributed by atoms with E-state index in [0.29, 0.717) is 24.2 Å².